The van der Waals surface area contributed by atoms with Crippen molar-refractivity contribution in [3.63, 3.8) is 0 Å². The molecule has 0 N–H and O–H groups in total. The molecule has 0 unspecified atom stereocenters. The highest BCUT2D eigenvalue weighted by Crippen LogP contribution is 2.16. The van der Waals surface area contributed by atoms with Gasteiger partial charge in [0.05, 0.1) is 0 Å². The first kappa shape index (κ1) is 11.5. The van der Waals surface area contributed by atoms with Crippen molar-refractivity contribution in [3.8, 4) is 5.75 Å². The number of aryl methyl sites for hydroxylation is 2. The van der Waals surface area contributed by atoms with Gasteiger partial charge >= 0.3 is 0 Å². The smallest absolute Gasteiger partial charge is 0.119 e. The van der Waals surface area contributed by atoms with E-state index in [-0.39, 0.29) is 0 Å². The van der Waals surface area contributed by atoms with Crippen molar-refractivity contribution >= 4 is 0 Å². The van der Waals surface area contributed by atoms with Gasteiger partial charge < -0.3 is 4.74 Å². The molecule has 1 fully saturated rings. The third-order valence-corrected chi connectivity index (χ3v) is 3.35. The Morgan fingerprint density at radius 3 is 2.56 bits per heavy atom. The Hall–Kier alpha value is -1.02. The predicted molar refractivity (Wildman–Crippen MR) is 67.1 cm³/mol. The fraction of sp³-hybridized carbons (Fsp3) is 0.571. The third kappa shape index (κ3) is 2.99. The molecule has 0 bridgehead atoms. The zero-order valence-electron chi connectivity index (χ0n) is 10.3. The van der Waals surface area contributed by atoms with E-state index < -0.39 is 0 Å². The SMILES string of the molecule is Cc1ccc(OCCN2CCCC2)cc1C. The summed E-state index contributed by atoms with van der Waals surface area (Å²) in [7, 11) is 0. The van der Waals surface area contributed by atoms with E-state index in [2.05, 4.69) is 36.9 Å². The van der Waals surface area contributed by atoms with E-state index in [9.17, 15) is 0 Å². The van der Waals surface area contributed by atoms with E-state index in [1.54, 1.807) is 0 Å². The molecule has 2 nitrogen and oxygen atoms in total. The standard InChI is InChI=1S/C14H21NO/c1-12-5-6-14(11-13(12)2)16-10-9-15-7-3-4-8-15/h5-6,11H,3-4,7-10H2,1-2H3. The maximum atomic E-state index is 5.76. The number of likely N-dealkylation sites (tertiary alicyclic amines) is 1. The molecule has 0 aromatic heterocycles. The molecular formula is C14H21NO. The summed E-state index contributed by atoms with van der Waals surface area (Å²) < 4.78 is 5.76. The van der Waals surface area contributed by atoms with Crippen molar-refractivity contribution in [1.82, 2.24) is 4.90 Å². The molecule has 0 spiro atoms. The molecule has 1 saturated heterocycles. The van der Waals surface area contributed by atoms with Gasteiger partial charge in [-0.25, -0.2) is 0 Å². The van der Waals surface area contributed by atoms with Crippen molar-refractivity contribution in [1.29, 1.82) is 0 Å². The van der Waals surface area contributed by atoms with Gasteiger partial charge in [-0.3, -0.25) is 4.90 Å². The first-order valence-corrected chi connectivity index (χ1v) is 6.18. The Balaban J connectivity index is 1.78. The zero-order valence-corrected chi connectivity index (χ0v) is 10.3. The van der Waals surface area contributed by atoms with Gasteiger partial charge in [0.1, 0.15) is 12.4 Å². The zero-order chi connectivity index (χ0) is 11.4. The van der Waals surface area contributed by atoms with Crippen LogP contribution in [0.5, 0.6) is 5.75 Å². The van der Waals surface area contributed by atoms with Crippen LogP contribution in [0.25, 0.3) is 0 Å². The van der Waals surface area contributed by atoms with Gasteiger partial charge in [0, 0.05) is 6.54 Å². The van der Waals surface area contributed by atoms with Crippen molar-refractivity contribution in [2.45, 2.75) is 26.7 Å². The monoisotopic (exact) mass is 219 g/mol. The van der Waals surface area contributed by atoms with Crippen molar-refractivity contribution in [2.75, 3.05) is 26.2 Å². The third-order valence-electron chi connectivity index (χ3n) is 3.35. The molecule has 0 aliphatic carbocycles. The number of hydrogen-bond donors (Lipinski definition) is 0. The number of rotatable bonds is 4. The summed E-state index contributed by atoms with van der Waals surface area (Å²) in [6.07, 6.45) is 2.70. The minimum absolute atomic E-state index is 0.808. The van der Waals surface area contributed by atoms with Crippen LogP contribution in [0.15, 0.2) is 18.2 Å². The lowest BCUT2D eigenvalue weighted by Crippen LogP contribution is -2.25. The van der Waals surface area contributed by atoms with E-state index in [4.69, 9.17) is 4.74 Å². The van der Waals surface area contributed by atoms with Gasteiger partial charge in [-0.15, -0.1) is 0 Å². The Morgan fingerprint density at radius 2 is 1.88 bits per heavy atom. The van der Waals surface area contributed by atoms with Crippen LogP contribution in [0.2, 0.25) is 0 Å². The Kier molecular flexibility index (Phi) is 3.83. The molecule has 88 valence electrons. The molecule has 0 saturated carbocycles. The van der Waals surface area contributed by atoms with Crippen molar-refractivity contribution in [2.24, 2.45) is 0 Å². The van der Waals surface area contributed by atoms with E-state index in [1.807, 2.05) is 0 Å². The molecule has 1 aromatic carbocycles. The summed E-state index contributed by atoms with van der Waals surface area (Å²) in [4.78, 5) is 2.47. The summed E-state index contributed by atoms with van der Waals surface area (Å²) >= 11 is 0. The maximum Gasteiger partial charge on any atom is 0.119 e. The summed E-state index contributed by atoms with van der Waals surface area (Å²) in [5.41, 5.74) is 2.63. The van der Waals surface area contributed by atoms with Crippen LogP contribution in [0.3, 0.4) is 0 Å². The fourth-order valence-corrected chi connectivity index (χ4v) is 2.10. The van der Waals surface area contributed by atoms with Crippen LogP contribution in [-0.4, -0.2) is 31.1 Å². The van der Waals surface area contributed by atoms with E-state index in [0.717, 1.165) is 18.9 Å². The molecule has 16 heavy (non-hydrogen) atoms. The highest BCUT2D eigenvalue weighted by Gasteiger charge is 2.10. The van der Waals surface area contributed by atoms with Crippen LogP contribution in [0.1, 0.15) is 24.0 Å². The minimum atomic E-state index is 0.808. The van der Waals surface area contributed by atoms with E-state index in [0.29, 0.717) is 0 Å². The lowest BCUT2D eigenvalue weighted by molar-refractivity contribution is 0.237. The molecule has 2 rings (SSSR count). The van der Waals surface area contributed by atoms with Crippen LogP contribution < -0.4 is 4.74 Å². The molecular weight excluding hydrogens is 198 g/mol. The number of hydrogen-bond acceptors (Lipinski definition) is 2. The van der Waals surface area contributed by atoms with Crippen LogP contribution in [0, 0.1) is 13.8 Å². The van der Waals surface area contributed by atoms with Crippen LogP contribution >= 0.6 is 0 Å². The lowest BCUT2D eigenvalue weighted by Gasteiger charge is -2.15. The van der Waals surface area contributed by atoms with Gasteiger partial charge in [0.15, 0.2) is 0 Å². The first-order valence-electron chi connectivity index (χ1n) is 6.18. The Morgan fingerprint density at radius 1 is 1.12 bits per heavy atom. The largest absolute Gasteiger partial charge is 0.492 e. The van der Waals surface area contributed by atoms with Gasteiger partial charge in [0.2, 0.25) is 0 Å². The predicted octanol–water partition coefficient (Wildman–Crippen LogP) is 2.78. The van der Waals surface area contributed by atoms with E-state index in [1.165, 1.54) is 37.1 Å². The number of nitrogens with zero attached hydrogens (tertiary/aromatic N) is 1. The molecule has 0 amide bonds. The van der Waals surface area contributed by atoms with Crippen molar-refractivity contribution in [3.05, 3.63) is 29.3 Å². The normalized spacial score (nSPS) is 16.6. The van der Waals surface area contributed by atoms with Gasteiger partial charge in [-0.1, -0.05) is 6.07 Å². The van der Waals surface area contributed by atoms with Gasteiger partial charge in [-0.05, 0) is 63.0 Å². The summed E-state index contributed by atoms with van der Waals surface area (Å²) in [5.74, 6) is 1.00. The fourth-order valence-electron chi connectivity index (χ4n) is 2.10. The molecule has 0 radical (unpaired) electrons. The highest BCUT2D eigenvalue weighted by atomic mass is 16.5. The average Bonchev–Trinajstić information content (AvgIpc) is 2.76. The quantitative estimate of drug-likeness (QED) is 0.772. The van der Waals surface area contributed by atoms with E-state index >= 15 is 0 Å². The molecule has 0 atom stereocenters. The summed E-state index contributed by atoms with van der Waals surface area (Å²) in [5, 5.41) is 0. The molecule has 1 aliphatic heterocycles. The number of ether oxygens (including phenoxy) is 1. The second kappa shape index (κ2) is 5.35. The molecule has 2 heteroatoms. The molecule has 1 aliphatic rings. The summed E-state index contributed by atoms with van der Waals surface area (Å²) in [6, 6.07) is 6.31. The topological polar surface area (TPSA) is 12.5 Å². The van der Waals surface area contributed by atoms with Gasteiger partial charge in [0.25, 0.3) is 0 Å². The van der Waals surface area contributed by atoms with Crippen LogP contribution in [0.4, 0.5) is 0 Å². The number of benzene rings is 1. The van der Waals surface area contributed by atoms with Gasteiger partial charge in [-0.2, -0.15) is 0 Å². The Labute approximate surface area is 98.2 Å². The maximum absolute atomic E-state index is 5.76. The lowest BCUT2D eigenvalue weighted by atomic mass is 10.1. The van der Waals surface area contributed by atoms with Crippen molar-refractivity contribution < 1.29 is 4.74 Å². The summed E-state index contributed by atoms with van der Waals surface area (Å²) in [6.45, 7) is 8.62. The van der Waals surface area contributed by atoms with Crippen LogP contribution in [-0.2, 0) is 0 Å². The Bertz CT molecular complexity index is 343. The second-order valence-corrected chi connectivity index (χ2v) is 4.64. The minimum Gasteiger partial charge on any atom is -0.492 e. The highest BCUT2D eigenvalue weighted by molar-refractivity contribution is 5.33. The first-order chi connectivity index (χ1) is 7.75. The molecule has 1 heterocycles. The average molecular weight is 219 g/mol. The molecule has 1 aromatic rings. The second-order valence-electron chi connectivity index (χ2n) is 4.64.